The van der Waals surface area contributed by atoms with E-state index in [1.807, 2.05) is 19.9 Å². The van der Waals surface area contributed by atoms with Crippen LogP contribution in [0.15, 0.2) is 60.2 Å². The molecule has 3 saturated carbocycles. The number of carboxylic acids is 1. The van der Waals surface area contributed by atoms with Crippen molar-refractivity contribution in [2.75, 3.05) is 18.0 Å². The summed E-state index contributed by atoms with van der Waals surface area (Å²) >= 11 is 18.0. The van der Waals surface area contributed by atoms with E-state index in [-0.39, 0.29) is 54.6 Å². The Morgan fingerprint density at radius 3 is 2.47 bits per heavy atom. The Bertz CT molecular complexity index is 1780. The van der Waals surface area contributed by atoms with Gasteiger partial charge in [-0.25, -0.2) is 14.4 Å². The van der Waals surface area contributed by atoms with Gasteiger partial charge in [0.1, 0.15) is 0 Å². The number of anilines is 2. The van der Waals surface area contributed by atoms with Crippen molar-refractivity contribution in [3.8, 4) is 0 Å². The summed E-state index contributed by atoms with van der Waals surface area (Å²) in [5.41, 5.74) is 0.220. The quantitative estimate of drug-likeness (QED) is 0.185. The number of hydrogen-bond donors (Lipinski definition) is 3. The van der Waals surface area contributed by atoms with Crippen molar-refractivity contribution < 1.29 is 43.6 Å². The monoisotopic (exact) mass is 761 g/mol. The average molecular weight is 763 g/mol. The van der Waals surface area contributed by atoms with Gasteiger partial charge < -0.3 is 29.7 Å². The second-order valence-corrected chi connectivity index (χ2v) is 14.9. The maximum absolute atomic E-state index is 13.2. The Morgan fingerprint density at radius 1 is 1.06 bits per heavy atom. The highest BCUT2D eigenvalue weighted by Gasteiger charge is 2.71. The fraction of sp³-hybridized carbons (Fsp3) is 0.474. The molecule has 4 aliphatic rings. The number of para-hydroxylation sites is 1. The van der Waals surface area contributed by atoms with Crippen molar-refractivity contribution in [3.05, 3.63) is 81.4 Å². The van der Waals surface area contributed by atoms with E-state index in [0.29, 0.717) is 27.8 Å². The third-order valence-corrected chi connectivity index (χ3v) is 12.3. The van der Waals surface area contributed by atoms with Gasteiger partial charge in [0.05, 0.1) is 39.7 Å². The molecule has 3 fully saturated rings. The lowest BCUT2D eigenvalue weighted by molar-refractivity contribution is -0.199. The van der Waals surface area contributed by atoms with Gasteiger partial charge in [0, 0.05) is 16.7 Å². The maximum atomic E-state index is 13.2. The van der Waals surface area contributed by atoms with E-state index in [9.17, 15) is 24.3 Å². The second-order valence-electron chi connectivity index (χ2n) is 13.9. The molecule has 6 rings (SSSR count). The van der Waals surface area contributed by atoms with E-state index in [4.69, 9.17) is 54.1 Å². The number of rotatable bonds is 7. The van der Waals surface area contributed by atoms with Crippen LogP contribution >= 0.6 is 34.8 Å². The maximum Gasteiger partial charge on any atom is 0.509 e. The number of hydrogen-bond acceptors (Lipinski definition) is 9. The summed E-state index contributed by atoms with van der Waals surface area (Å²) < 4.78 is 15.9. The zero-order chi connectivity index (χ0) is 37.3. The SMILES string of the molecule is CCOC(=O)O[C@]1(C(=O)OCCl)CC[C@H]2[C@@H]3CCC4=CC(=O)C=C[C@]4(C)[C@H]3[C@@H](O)C[C@@]21C.Cc1ccc(Cl)c(Nc2ccccc2C(=O)O)c1Cl. The van der Waals surface area contributed by atoms with Crippen molar-refractivity contribution in [1.29, 1.82) is 0 Å². The number of esters is 1. The van der Waals surface area contributed by atoms with Crippen LogP contribution in [0.2, 0.25) is 10.0 Å². The molecule has 0 saturated heterocycles. The molecule has 0 aromatic heterocycles. The van der Waals surface area contributed by atoms with Crippen LogP contribution in [0.1, 0.15) is 68.8 Å². The van der Waals surface area contributed by atoms with Crippen LogP contribution in [0, 0.1) is 35.5 Å². The number of carboxylic acid groups (broad SMARTS) is 1. The minimum absolute atomic E-state index is 0.0161. The van der Waals surface area contributed by atoms with Crippen molar-refractivity contribution in [3.63, 3.8) is 0 Å². The summed E-state index contributed by atoms with van der Waals surface area (Å²) in [7, 11) is 0. The molecule has 3 N–H and O–H groups in total. The van der Waals surface area contributed by atoms with Crippen LogP contribution in [-0.2, 0) is 23.8 Å². The number of ether oxygens (including phenoxy) is 3. The van der Waals surface area contributed by atoms with Gasteiger partial charge >= 0.3 is 18.1 Å². The Hall–Kier alpha value is -3.57. The van der Waals surface area contributed by atoms with Crippen molar-refractivity contribution in [2.24, 2.45) is 28.6 Å². The fourth-order valence-electron chi connectivity index (χ4n) is 9.00. The molecule has 10 nitrogen and oxygen atoms in total. The number of halogens is 3. The van der Waals surface area contributed by atoms with Crippen molar-refractivity contribution in [1.82, 2.24) is 0 Å². The highest BCUT2D eigenvalue weighted by molar-refractivity contribution is 6.39. The number of aliphatic hydroxyl groups excluding tert-OH is 1. The Kier molecular flexibility index (Phi) is 11.5. The van der Waals surface area contributed by atoms with Gasteiger partial charge in [0.15, 0.2) is 11.8 Å². The van der Waals surface area contributed by atoms with Crippen LogP contribution in [0.4, 0.5) is 16.2 Å². The lowest BCUT2D eigenvalue weighted by Crippen LogP contribution is -2.62. The number of carbonyl (C=O) groups is 4. The lowest BCUT2D eigenvalue weighted by Gasteiger charge is -2.59. The first-order valence-electron chi connectivity index (χ1n) is 16.9. The average Bonchev–Trinajstić information content (AvgIpc) is 3.37. The summed E-state index contributed by atoms with van der Waals surface area (Å²) in [6, 6.07) is 9.75. The Balaban J connectivity index is 0.000000226. The summed E-state index contributed by atoms with van der Waals surface area (Å²) in [6.07, 6.45) is 6.31. The molecule has 0 spiro atoms. The molecule has 0 unspecified atom stereocenters. The molecule has 2 aromatic rings. The standard InChI is InChI=1S/C24H31ClO7.C14H11Cl2NO2/c1-4-30-21(29)32-24(20(28)31-13-25)10-8-17-16-6-5-14-11-15(26)7-9-22(14,2)19(16)18(27)12-23(17,24)3;1-8-6-7-10(15)13(12(8)16)17-11-5-3-2-4-9(11)14(18)19/h7,9,11,16-19,27H,4-6,8,10,12-13H2,1-3H3;2-7,17H,1H3,(H,18,19)/t16-,17-,18-,19+,22-,23-,24-;/m0./s1. The molecule has 0 bridgehead atoms. The Labute approximate surface area is 312 Å². The number of aromatic carboxylic acids is 1. The van der Waals surface area contributed by atoms with E-state index >= 15 is 0 Å². The summed E-state index contributed by atoms with van der Waals surface area (Å²) in [4.78, 5) is 48.7. The minimum atomic E-state index is -1.57. The van der Waals surface area contributed by atoms with Gasteiger partial charge in [-0.15, -0.1) is 0 Å². The number of nitrogens with one attached hydrogen (secondary N) is 1. The Morgan fingerprint density at radius 2 is 1.78 bits per heavy atom. The molecule has 51 heavy (non-hydrogen) atoms. The van der Waals surface area contributed by atoms with Gasteiger partial charge in [0.25, 0.3) is 0 Å². The van der Waals surface area contributed by atoms with Crippen LogP contribution in [0.25, 0.3) is 0 Å². The topological polar surface area (TPSA) is 148 Å². The molecule has 274 valence electrons. The number of aliphatic hydroxyl groups is 1. The molecule has 4 aliphatic carbocycles. The van der Waals surface area contributed by atoms with E-state index < -0.39 is 40.6 Å². The molecular formula is C38H42Cl3NO9. The zero-order valence-electron chi connectivity index (χ0n) is 28.8. The van der Waals surface area contributed by atoms with Gasteiger partial charge in [0.2, 0.25) is 5.60 Å². The van der Waals surface area contributed by atoms with E-state index in [2.05, 4.69) is 12.2 Å². The van der Waals surface area contributed by atoms with Gasteiger partial charge in [-0.1, -0.05) is 78.5 Å². The summed E-state index contributed by atoms with van der Waals surface area (Å²) in [5, 5.41) is 24.5. The predicted molar refractivity (Wildman–Crippen MR) is 194 cm³/mol. The van der Waals surface area contributed by atoms with E-state index in [0.717, 1.165) is 24.0 Å². The molecule has 0 amide bonds. The highest BCUT2D eigenvalue weighted by atomic mass is 35.5. The van der Waals surface area contributed by atoms with Crippen molar-refractivity contribution in [2.45, 2.75) is 71.5 Å². The molecule has 2 aromatic carbocycles. The van der Waals surface area contributed by atoms with Crippen LogP contribution in [0.3, 0.4) is 0 Å². The highest BCUT2D eigenvalue weighted by Crippen LogP contribution is 2.68. The summed E-state index contributed by atoms with van der Waals surface area (Å²) in [6.45, 7) is 7.63. The molecular weight excluding hydrogens is 721 g/mol. The normalized spacial score (nSPS) is 30.4. The zero-order valence-corrected chi connectivity index (χ0v) is 31.1. The number of allylic oxidation sites excluding steroid dienone is 4. The molecule has 7 atom stereocenters. The summed E-state index contributed by atoms with van der Waals surface area (Å²) in [5.74, 6) is -1.69. The molecule has 13 heteroatoms. The first kappa shape index (κ1) is 38.7. The van der Waals surface area contributed by atoms with Crippen molar-refractivity contribution >= 4 is 70.1 Å². The fourth-order valence-corrected chi connectivity index (χ4v) is 9.56. The first-order valence-corrected chi connectivity index (χ1v) is 18.2. The minimum Gasteiger partial charge on any atom is -0.478 e. The smallest absolute Gasteiger partial charge is 0.478 e. The van der Waals surface area contributed by atoms with Gasteiger partial charge in [-0.05, 0) is 93.7 Å². The number of benzene rings is 2. The van der Waals surface area contributed by atoms with Crippen LogP contribution < -0.4 is 5.32 Å². The number of carbonyl (C=O) groups excluding carboxylic acids is 3. The largest absolute Gasteiger partial charge is 0.509 e. The number of aryl methyl sites for hydroxylation is 1. The number of ketones is 1. The van der Waals surface area contributed by atoms with Crippen LogP contribution in [-0.4, -0.2) is 58.5 Å². The van der Waals surface area contributed by atoms with Gasteiger partial charge in [-0.2, -0.15) is 0 Å². The molecule has 0 radical (unpaired) electrons. The molecule has 0 aliphatic heterocycles. The molecule has 0 heterocycles. The number of alkyl halides is 1. The van der Waals surface area contributed by atoms with E-state index in [1.54, 1.807) is 49.4 Å². The van der Waals surface area contributed by atoms with E-state index in [1.165, 1.54) is 6.07 Å². The third-order valence-electron chi connectivity index (χ3n) is 11.4. The predicted octanol–water partition coefficient (Wildman–Crippen LogP) is 8.66. The van der Waals surface area contributed by atoms with Gasteiger partial charge in [-0.3, -0.25) is 4.79 Å². The second kappa shape index (κ2) is 15.2. The lowest BCUT2D eigenvalue weighted by atomic mass is 9.46. The third kappa shape index (κ3) is 7.00. The first-order chi connectivity index (χ1) is 24.1. The van der Waals surface area contributed by atoms with Crippen LogP contribution in [0.5, 0.6) is 0 Å². The number of fused-ring (bicyclic) bond motifs is 5.